The molecule has 0 aliphatic rings. The minimum Gasteiger partial charge on any atom is -0.330 e. The number of nitrogens with two attached hydrogens (primary N) is 2. The van der Waals surface area contributed by atoms with Crippen molar-refractivity contribution in [3.8, 4) is 0 Å². The number of hydrogen-bond donors (Lipinski definition) is 2. The molecule has 0 aromatic carbocycles. The fourth-order valence-electron chi connectivity index (χ4n) is 1.27. The molecular weight excluding hydrogens is 190 g/mol. The second-order valence-corrected chi connectivity index (χ2v) is 3.75. The van der Waals surface area contributed by atoms with Crippen molar-refractivity contribution in [2.45, 2.75) is 38.7 Å². The Morgan fingerprint density at radius 1 is 1.43 bits per heavy atom. The molecule has 0 saturated carbocycles. The average molecular weight is 208 g/mol. The first-order chi connectivity index (χ1) is 6.36. The van der Waals surface area contributed by atoms with Gasteiger partial charge in [-0.05, 0) is 19.4 Å². The fraction of sp³-hybridized carbons (Fsp3) is 0.889. The summed E-state index contributed by atoms with van der Waals surface area (Å²) in [6, 6.07) is 0. The first kappa shape index (κ1) is 13.4. The van der Waals surface area contributed by atoms with Crippen LogP contribution in [0.2, 0.25) is 0 Å². The van der Waals surface area contributed by atoms with Crippen LogP contribution in [0.4, 0.5) is 8.78 Å². The van der Waals surface area contributed by atoms with Gasteiger partial charge in [0.05, 0.1) is 0 Å². The maximum Gasteiger partial charge on any atom is 0.263 e. The van der Waals surface area contributed by atoms with Gasteiger partial charge in [0.15, 0.2) is 5.78 Å². The predicted molar refractivity (Wildman–Crippen MR) is 51.1 cm³/mol. The molecule has 1 atom stereocenters. The first-order valence-electron chi connectivity index (χ1n) is 4.67. The third-order valence-electron chi connectivity index (χ3n) is 2.17. The van der Waals surface area contributed by atoms with Crippen LogP contribution in [0.15, 0.2) is 0 Å². The Kier molecular flexibility index (Phi) is 5.15. The summed E-state index contributed by atoms with van der Waals surface area (Å²) in [5, 5.41) is 0. The van der Waals surface area contributed by atoms with Crippen LogP contribution in [0.5, 0.6) is 0 Å². The summed E-state index contributed by atoms with van der Waals surface area (Å²) in [5.41, 5.74) is 8.60. The van der Waals surface area contributed by atoms with E-state index in [0.717, 1.165) is 0 Å². The van der Waals surface area contributed by atoms with E-state index in [4.69, 9.17) is 11.5 Å². The van der Waals surface area contributed by atoms with E-state index >= 15 is 0 Å². The molecule has 5 heteroatoms. The summed E-state index contributed by atoms with van der Waals surface area (Å²) in [6.45, 7) is 3.39. The molecule has 0 aliphatic heterocycles. The van der Waals surface area contributed by atoms with Gasteiger partial charge in [0, 0.05) is 5.92 Å². The number of rotatable bonds is 6. The lowest BCUT2D eigenvalue weighted by atomic mass is 9.84. The van der Waals surface area contributed by atoms with Crippen LogP contribution in [0.3, 0.4) is 0 Å². The molecule has 14 heavy (non-hydrogen) atoms. The monoisotopic (exact) mass is 208 g/mol. The van der Waals surface area contributed by atoms with Crippen molar-refractivity contribution in [3.05, 3.63) is 0 Å². The highest BCUT2D eigenvalue weighted by Gasteiger charge is 2.43. The zero-order chi connectivity index (χ0) is 11.4. The number of ketones is 1. The average Bonchev–Trinajstić information content (AvgIpc) is 2.12. The molecule has 3 nitrogen and oxygen atoms in total. The molecule has 0 heterocycles. The minimum absolute atomic E-state index is 0.0574. The van der Waals surface area contributed by atoms with Crippen LogP contribution in [-0.2, 0) is 4.79 Å². The third-order valence-corrected chi connectivity index (χ3v) is 2.17. The molecule has 0 radical (unpaired) electrons. The van der Waals surface area contributed by atoms with E-state index in [0.29, 0.717) is 6.42 Å². The summed E-state index contributed by atoms with van der Waals surface area (Å²) in [7, 11) is 0. The molecule has 0 aromatic rings. The highest BCUT2D eigenvalue weighted by molar-refractivity contribution is 5.90. The van der Waals surface area contributed by atoms with Crippen molar-refractivity contribution in [2.24, 2.45) is 17.4 Å². The van der Waals surface area contributed by atoms with Crippen LogP contribution in [-0.4, -0.2) is 24.3 Å². The van der Waals surface area contributed by atoms with Crippen LogP contribution >= 0.6 is 0 Å². The van der Waals surface area contributed by atoms with Gasteiger partial charge in [-0.25, -0.2) is 8.78 Å². The normalized spacial score (nSPS) is 16.0. The minimum atomic E-state index is -2.83. The molecule has 0 amide bonds. The zero-order valence-electron chi connectivity index (χ0n) is 8.59. The zero-order valence-corrected chi connectivity index (χ0v) is 8.59. The number of Topliss-reactive ketones (excluding diaryl/α,β-unsaturated/α-hetero) is 1. The standard InChI is InChI=1S/C9H18F2N2O/c1-6(2)7(14)9(13,8(10)11)4-3-5-12/h6,8H,3-5,12-13H2,1-2H3. The van der Waals surface area contributed by atoms with Crippen molar-refractivity contribution in [3.63, 3.8) is 0 Å². The Labute approximate surface area is 82.8 Å². The van der Waals surface area contributed by atoms with Crippen molar-refractivity contribution in [1.82, 2.24) is 0 Å². The molecule has 0 saturated heterocycles. The van der Waals surface area contributed by atoms with E-state index in [-0.39, 0.29) is 13.0 Å². The topological polar surface area (TPSA) is 69.1 Å². The number of hydrogen-bond acceptors (Lipinski definition) is 3. The molecule has 0 spiro atoms. The van der Waals surface area contributed by atoms with Gasteiger partial charge in [-0.1, -0.05) is 13.8 Å². The number of alkyl halides is 2. The lowest BCUT2D eigenvalue weighted by Crippen LogP contribution is -2.56. The molecule has 0 aliphatic carbocycles. The maximum atomic E-state index is 12.6. The van der Waals surface area contributed by atoms with Gasteiger partial charge in [-0.3, -0.25) is 4.79 Å². The SMILES string of the molecule is CC(C)C(=O)C(N)(CCCN)C(F)F. The second-order valence-electron chi connectivity index (χ2n) is 3.75. The van der Waals surface area contributed by atoms with Crippen molar-refractivity contribution < 1.29 is 13.6 Å². The lowest BCUT2D eigenvalue weighted by molar-refractivity contribution is -0.133. The number of halogens is 2. The number of carbonyl (C=O) groups is 1. The summed E-state index contributed by atoms with van der Waals surface area (Å²) >= 11 is 0. The van der Waals surface area contributed by atoms with E-state index in [1.807, 2.05) is 0 Å². The number of carbonyl (C=O) groups excluding carboxylic acids is 1. The fourth-order valence-corrected chi connectivity index (χ4v) is 1.27. The molecule has 0 bridgehead atoms. The molecule has 84 valence electrons. The van der Waals surface area contributed by atoms with Crippen LogP contribution < -0.4 is 11.5 Å². The van der Waals surface area contributed by atoms with Gasteiger partial charge >= 0.3 is 0 Å². The third kappa shape index (κ3) is 2.99. The van der Waals surface area contributed by atoms with E-state index in [1.165, 1.54) is 0 Å². The first-order valence-corrected chi connectivity index (χ1v) is 4.67. The van der Waals surface area contributed by atoms with E-state index in [2.05, 4.69) is 0 Å². The van der Waals surface area contributed by atoms with E-state index in [9.17, 15) is 13.6 Å². The highest BCUT2D eigenvalue weighted by atomic mass is 19.3. The van der Waals surface area contributed by atoms with Crippen molar-refractivity contribution >= 4 is 5.78 Å². The largest absolute Gasteiger partial charge is 0.330 e. The second kappa shape index (κ2) is 5.36. The maximum absolute atomic E-state index is 12.6. The Balaban J connectivity index is 4.62. The van der Waals surface area contributed by atoms with Gasteiger partial charge in [-0.15, -0.1) is 0 Å². The molecule has 0 aromatic heterocycles. The van der Waals surface area contributed by atoms with E-state index in [1.54, 1.807) is 13.8 Å². The van der Waals surface area contributed by atoms with Crippen molar-refractivity contribution in [2.75, 3.05) is 6.54 Å². The van der Waals surface area contributed by atoms with Gasteiger partial charge < -0.3 is 11.5 Å². The lowest BCUT2D eigenvalue weighted by Gasteiger charge is -2.28. The predicted octanol–water partition coefficient (Wildman–Crippen LogP) is 0.913. The Bertz CT molecular complexity index is 197. The molecule has 0 rings (SSSR count). The van der Waals surface area contributed by atoms with E-state index < -0.39 is 23.7 Å². The van der Waals surface area contributed by atoms with Gasteiger partial charge in [0.1, 0.15) is 5.54 Å². The van der Waals surface area contributed by atoms with Gasteiger partial charge in [0.25, 0.3) is 6.43 Å². The molecule has 0 fully saturated rings. The summed E-state index contributed by atoms with van der Waals surface area (Å²) in [4.78, 5) is 11.5. The van der Waals surface area contributed by atoms with Crippen LogP contribution in [0.1, 0.15) is 26.7 Å². The van der Waals surface area contributed by atoms with Crippen LogP contribution in [0.25, 0.3) is 0 Å². The smallest absolute Gasteiger partial charge is 0.263 e. The van der Waals surface area contributed by atoms with Crippen LogP contribution in [0, 0.1) is 5.92 Å². The summed E-state index contributed by atoms with van der Waals surface area (Å²) < 4.78 is 25.3. The Morgan fingerprint density at radius 2 is 1.93 bits per heavy atom. The Hall–Kier alpha value is -0.550. The molecule has 4 N–H and O–H groups in total. The quantitative estimate of drug-likeness (QED) is 0.681. The van der Waals surface area contributed by atoms with Gasteiger partial charge in [0.2, 0.25) is 0 Å². The molecular formula is C9H18F2N2O. The summed E-state index contributed by atoms with van der Waals surface area (Å²) in [5.74, 6) is -1.08. The highest BCUT2D eigenvalue weighted by Crippen LogP contribution is 2.23. The van der Waals surface area contributed by atoms with Crippen molar-refractivity contribution in [1.29, 1.82) is 0 Å². The van der Waals surface area contributed by atoms with Gasteiger partial charge in [-0.2, -0.15) is 0 Å². The summed E-state index contributed by atoms with van der Waals surface area (Å²) in [6.07, 6.45) is -2.55. The molecule has 1 unspecified atom stereocenters. The Morgan fingerprint density at radius 3 is 2.21 bits per heavy atom.